The Morgan fingerprint density at radius 2 is 1.88 bits per heavy atom. The molecule has 3 aromatic rings. The topological polar surface area (TPSA) is 88.5 Å². The molecule has 2 N–H and O–H groups in total. The number of para-hydroxylation sites is 1. The molecule has 2 aromatic carbocycles. The Balaban J connectivity index is 1.81. The number of hydrogen-bond donors (Lipinski definition) is 2. The van der Waals surface area contributed by atoms with E-state index >= 15 is 0 Å². The summed E-state index contributed by atoms with van der Waals surface area (Å²) in [7, 11) is 1.22. The SMILES string of the molecule is COC(=O)c1cccc(NC(=O)c2csc(-c3ccc(C)cc3)n2)c1O. The Kier molecular flexibility index (Phi) is 4.99. The van der Waals surface area contributed by atoms with Gasteiger partial charge in [-0.25, -0.2) is 9.78 Å². The number of aromatic hydroxyl groups is 1. The second kappa shape index (κ2) is 7.37. The van der Waals surface area contributed by atoms with Crippen LogP contribution in [0.1, 0.15) is 26.4 Å². The second-order valence-electron chi connectivity index (χ2n) is 5.55. The molecule has 1 aromatic heterocycles. The van der Waals surface area contributed by atoms with Gasteiger partial charge in [0.2, 0.25) is 0 Å². The summed E-state index contributed by atoms with van der Waals surface area (Å²) in [5, 5.41) is 15.1. The maximum absolute atomic E-state index is 12.4. The van der Waals surface area contributed by atoms with Crippen molar-refractivity contribution in [3.8, 4) is 16.3 Å². The Morgan fingerprint density at radius 1 is 1.15 bits per heavy atom. The molecule has 1 amide bonds. The molecule has 0 bridgehead atoms. The quantitative estimate of drug-likeness (QED) is 0.539. The third-order valence-electron chi connectivity index (χ3n) is 3.72. The fourth-order valence-corrected chi connectivity index (χ4v) is 3.12. The van der Waals surface area contributed by atoms with Crippen molar-refractivity contribution in [1.29, 1.82) is 0 Å². The molecule has 3 rings (SSSR count). The molecule has 1 heterocycles. The number of ether oxygens (including phenoxy) is 1. The number of esters is 1. The molecule has 0 saturated heterocycles. The molecule has 0 radical (unpaired) electrons. The molecule has 0 aliphatic heterocycles. The lowest BCUT2D eigenvalue weighted by Gasteiger charge is -2.09. The van der Waals surface area contributed by atoms with Gasteiger partial charge in [-0.1, -0.05) is 35.9 Å². The van der Waals surface area contributed by atoms with Crippen molar-refractivity contribution < 1.29 is 19.4 Å². The first-order valence-electron chi connectivity index (χ1n) is 7.74. The fraction of sp³-hybridized carbons (Fsp3) is 0.105. The van der Waals surface area contributed by atoms with Gasteiger partial charge in [-0.3, -0.25) is 4.79 Å². The minimum absolute atomic E-state index is 0.0241. The van der Waals surface area contributed by atoms with Gasteiger partial charge in [-0.05, 0) is 19.1 Å². The number of nitrogens with one attached hydrogen (secondary N) is 1. The minimum Gasteiger partial charge on any atom is -0.505 e. The standard InChI is InChI=1S/C19H16N2O4S/c1-11-6-8-12(9-7-11)18-21-15(10-26-18)17(23)20-14-5-3-4-13(16(14)22)19(24)25-2/h3-10,22H,1-2H3,(H,20,23). The minimum atomic E-state index is -0.686. The number of aryl methyl sites for hydroxylation is 1. The predicted molar refractivity (Wildman–Crippen MR) is 99.7 cm³/mol. The summed E-state index contributed by atoms with van der Waals surface area (Å²) in [6.45, 7) is 2.00. The number of thiazole rings is 1. The molecule has 0 aliphatic rings. The lowest BCUT2D eigenvalue weighted by atomic mass is 10.1. The van der Waals surface area contributed by atoms with E-state index in [-0.39, 0.29) is 22.7 Å². The molecule has 6 nitrogen and oxygen atoms in total. The number of nitrogens with zero attached hydrogens (tertiary/aromatic N) is 1. The van der Waals surface area contributed by atoms with E-state index in [1.54, 1.807) is 11.4 Å². The molecule has 0 unspecified atom stereocenters. The largest absolute Gasteiger partial charge is 0.505 e. The van der Waals surface area contributed by atoms with Gasteiger partial charge in [-0.15, -0.1) is 11.3 Å². The van der Waals surface area contributed by atoms with Gasteiger partial charge in [0.1, 0.15) is 16.3 Å². The van der Waals surface area contributed by atoms with Crippen LogP contribution in [-0.2, 0) is 4.74 Å². The number of methoxy groups -OCH3 is 1. The van der Waals surface area contributed by atoms with E-state index in [9.17, 15) is 14.7 Å². The van der Waals surface area contributed by atoms with E-state index in [4.69, 9.17) is 0 Å². The maximum atomic E-state index is 12.4. The number of anilines is 1. The zero-order chi connectivity index (χ0) is 18.7. The van der Waals surface area contributed by atoms with Crippen molar-refractivity contribution in [2.24, 2.45) is 0 Å². The van der Waals surface area contributed by atoms with Crippen LogP contribution in [0.25, 0.3) is 10.6 Å². The van der Waals surface area contributed by atoms with E-state index in [0.29, 0.717) is 0 Å². The van der Waals surface area contributed by atoms with Gasteiger partial charge in [0.25, 0.3) is 5.91 Å². The number of rotatable bonds is 4. The average molecular weight is 368 g/mol. The van der Waals surface area contributed by atoms with E-state index in [1.807, 2.05) is 31.2 Å². The van der Waals surface area contributed by atoms with E-state index < -0.39 is 11.9 Å². The molecule has 0 aliphatic carbocycles. The number of benzene rings is 2. The van der Waals surface area contributed by atoms with E-state index in [0.717, 1.165) is 16.1 Å². The summed E-state index contributed by atoms with van der Waals surface area (Å²) in [6, 6.07) is 12.3. The molecule has 0 atom stereocenters. The highest BCUT2D eigenvalue weighted by molar-refractivity contribution is 7.13. The Bertz CT molecular complexity index is 964. The number of phenols is 1. The van der Waals surface area contributed by atoms with Gasteiger partial charge >= 0.3 is 5.97 Å². The number of carbonyl (C=O) groups is 2. The first kappa shape index (κ1) is 17.6. The van der Waals surface area contributed by atoms with Gasteiger partial charge in [0.15, 0.2) is 5.75 Å². The lowest BCUT2D eigenvalue weighted by molar-refractivity contribution is 0.0597. The zero-order valence-corrected chi connectivity index (χ0v) is 15.0. The van der Waals surface area contributed by atoms with Crippen LogP contribution >= 0.6 is 11.3 Å². The first-order chi connectivity index (χ1) is 12.5. The number of amides is 1. The van der Waals surface area contributed by atoms with Crippen molar-refractivity contribution in [3.05, 3.63) is 64.7 Å². The van der Waals surface area contributed by atoms with Crippen LogP contribution in [-0.4, -0.2) is 29.1 Å². The Hall–Kier alpha value is -3.19. The second-order valence-corrected chi connectivity index (χ2v) is 6.41. The Labute approximate surface area is 154 Å². The lowest BCUT2D eigenvalue weighted by Crippen LogP contribution is -2.13. The molecular formula is C19H16N2O4S. The zero-order valence-electron chi connectivity index (χ0n) is 14.1. The van der Waals surface area contributed by atoms with Crippen molar-refractivity contribution in [3.63, 3.8) is 0 Å². The summed E-state index contributed by atoms with van der Waals surface area (Å²) in [5.41, 5.74) is 2.39. The summed E-state index contributed by atoms with van der Waals surface area (Å²) in [4.78, 5) is 28.4. The number of aromatic nitrogens is 1. The molecule has 26 heavy (non-hydrogen) atoms. The molecule has 0 saturated carbocycles. The summed E-state index contributed by atoms with van der Waals surface area (Å²) in [6.07, 6.45) is 0. The Morgan fingerprint density at radius 3 is 2.58 bits per heavy atom. The third kappa shape index (κ3) is 3.57. The van der Waals surface area contributed by atoms with Crippen molar-refractivity contribution in [2.75, 3.05) is 12.4 Å². The fourth-order valence-electron chi connectivity index (χ4n) is 2.31. The highest BCUT2D eigenvalue weighted by atomic mass is 32.1. The van der Waals surface area contributed by atoms with Crippen LogP contribution < -0.4 is 5.32 Å². The van der Waals surface area contributed by atoms with Crippen LogP contribution in [0, 0.1) is 6.92 Å². The summed E-state index contributed by atoms with van der Waals surface area (Å²) < 4.78 is 4.60. The highest BCUT2D eigenvalue weighted by Gasteiger charge is 2.18. The van der Waals surface area contributed by atoms with Crippen LogP contribution in [0.3, 0.4) is 0 Å². The van der Waals surface area contributed by atoms with Gasteiger partial charge in [-0.2, -0.15) is 0 Å². The smallest absolute Gasteiger partial charge is 0.341 e. The maximum Gasteiger partial charge on any atom is 0.341 e. The average Bonchev–Trinajstić information content (AvgIpc) is 3.13. The predicted octanol–water partition coefficient (Wildman–Crippen LogP) is 3.86. The molecule has 132 valence electrons. The van der Waals surface area contributed by atoms with Gasteiger partial charge in [0.05, 0.1) is 12.8 Å². The van der Waals surface area contributed by atoms with Crippen LogP contribution in [0.2, 0.25) is 0 Å². The van der Waals surface area contributed by atoms with E-state index in [1.165, 1.54) is 30.6 Å². The number of carbonyl (C=O) groups excluding carboxylic acids is 2. The molecule has 7 heteroatoms. The van der Waals surface area contributed by atoms with Crippen molar-refractivity contribution in [1.82, 2.24) is 4.98 Å². The normalized spacial score (nSPS) is 10.4. The van der Waals surface area contributed by atoms with E-state index in [2.05, 4.69) is 15.0 Å². The summed E-state index contributed by atoms with van der Waals surface area (Å²) >= 11 is 1.35. The van der Waals surface area contributed by atoms with Crippen LogP contribution in [0.15, 0.2) is 47.8 Å². The number of phenolic OH excluding ortho intramolecular Hbond substituents is 1. The number of hydrogen-bond acceptors (Lipinski definition) is 6. The highest BCUT2D eigenvalue weighted by Crippen LogP contribution is 2.29. The third-order valence-corrected chi connectivity index (χ3v) is 4.62. The first-order valence-corrected chi connectivity index (χ1v) is 8.61. The summed E-state index contributed by atoms with van der Waals surface area (Å²) in [5.74, 6) is -1.51. The van der Waals surface area contributed by atoms with Crippen molar-refractivity contribution >= 4 is 28.9 Å². The molecule has 0 fully saturated rings. The van der Waals surface area contributed by atoms with Crippen molar-refractivity contribution in [2.45, 2.75) is 6.92 Å². The monoisotopic (exact) mass is 368 g/mol. The van der Waals surface area contributed by atoms with Crippen LogP contribution in [0.4, 0.5) is 5.69 Å². The van der Waals surface area contributed by atoms with Gasteiger partial charge < -0.3 is 15.2 Å². The molecule has 0 spiro atoms. The molecular weight excluding hydrogens is 352 g/mol. The van der Waals surface area contributed by atoms with Gasteiger partial charge in [0, 0.05) is 10.9 Å². The van der Waals surface area contributed by atoms with Crippen LogP contribution in [0.5, 0.6) is 5.75 Å².